The summed E-state index contributed by atoms with van der Waals surface area (Å²) in [5.41, 5.74) is 0.817. The predicted octanol–water partition coefficient (Wildman–Crippen LogP) is 4.03. The third-order valence-electron chi connectivity index (χ3n) is 8.95. The first-order valence-corrected chi connectivity index (χ1v) is 15.2. The highest BCUT2D eigenvalue weighted by Crippen LogP contribution is 2.65. The van der Waals surface area contributed by atoms with Crippen molar-refractivity contribution in [3.05, 3.63) is 54.6 Å². The number of aliphatic hydroxyl groups excluding tert-OH is 1. The largest absolute Gasteiger partial charge is 0.396 e. The predicted molar refractivity (Wildman–Crippen MR) is 155 cm³/mol. The number of aliphatic hydroxyl groups is 1. The van der Waals surface area contributed by atoms with Crippen LogP contribution in [0, 0.1) is 11.8 Å². The lowest BCUT2D eigenvalue weighted by atomic mass is 9.74. The van der Waals surface area contributed by atoms with Crippen molar-refractivity contribution in [2.75, 3.05) is 31.1 Å². The summed E-state index contributed by atoms with van der Waals surface area (Å²) in [6.07, 6.45) is 12.3. The third-order valence-corrected chi connectivity index (χ3v) is 10.7. The van der Waals surface area contributed by atoms with Gasteiger partial charge in [0, 0.05) is 42.7 Å². The van der Waals surface area contributed by atoms with Gasteiger partial charge in [-0.1, -0.05) is 55.8 Å². The van der Waals surface area contributed by atoms with Gasteiger partial charge < -0.3 is 19.8 Å². The molecule has 1 N–H and O–H groups in total. The molecule has 1 aromatic rings. The van der Waals surface area contributed by atoms with Crippen molar-refractivity contribution in [1.29, 1.82) is 0 Å². The Hall–Kier alpha value is -2.58. The van der Waals surface area contributed by atoms with E-state index in [2.05, 4.69) is 39.0 Å². The number of hydrogen-bond donors (Lipinski definition) is 1. The van der Waals surface area contributed by atoms with Crippen LogP contribution in [0.4, 0.5) is 5.69 Å². The van der Waals surface area contributed by atoms with Crippen molar-refractivity contribution in [3.8, 4) is 0 Å². The lowest BCUT2D eigenvalue weighted by molar-refractivity contribution is -0.144. The molecule has 8 heteroatoms. The molecule has 4 aliphatic heterocycles. The van der Waals surface area contributed by atoms with E-state index in [1.807, 2.05) is 41.3 Å². The van der Waals surface area contributed by atoms with Crippen molar-refractivity contribution in [1.82, 2.24) is 9.80 Å². The van der Waals surface area contributed by atoms with Crippen LogP contribution >= 0.6 is 11.8 Å². The smallest absolute Gasteiger partial charge is 0.247 e. The quantitative estimate of drug-likeness (QED) is 0.370. The van der Waals surface area contributed by atoms with Gasteiger partial charge in [0.25, 0.3) is 0 Å². The number of carbonyl (C=O) groups excluding carboxylic acids is 3. The number of thioether (sulfide) groups is 1. The average molecular weight is 552 g/mol. The van der Waals surface area contributed by atoms with Gasteiger partial charge in [0.2, 0.25) is 17.7 Å². The van der Waals surface area contributed by atoms with Gasteiger partial charge in [0.1, 0.15) is 6.04 Å². The van der Waals surface area contributed by atoms with Crippen LogP contribution in [0.5, 0.6) is 0 Å². The summed E-state index contributed by atoms with van der Waals surface area (Å²) in [6, 6.07) is 9.05. The minimum absolute atomic E-state index is 0.0112. The summed E-state index contributed by atoms with van der Waals surface area (Å²) in [6.45, 7) is 7.80. The van der Waals surface area contributed by atoms with Crippen LogP contribution in [0.3, 0.4) is 0 Å². The number of hydrogen-bond acceptors (Lipinski definition) is 5. The fourth-order valence-corrected chi connectivity index (χ4v) is 9.32. The van der Waals surface area contributed by atoms with E-state index in [1.54, 1.807) is 21.6 Å². The molecule has 0 aromatic heterocycles. The molecule has 1 spiro atoms. The fourth-order valence-electron chi connectivity index (χ4n) is 7.16. The Balaban J connectivity index is 1.58. The second-order valence-corrected chi connectivity index (χ2v) is 13.3. The number of likely N-dealkylation sites (tertiary alicyclic amines) is 1. The maximum absolute atomic E-state index is 14.4. The summed E-state index contributed by atoms with van der Waals surface area (Å²) >= 11 is 1.64. The molecule has 4 heterocycles. The topological polar surface area (TPSA) is 81.2 Å². The summed E-state index contributed by atoms with van der Waals surface area (Å²) in [5, 5.41) is 9.28. The van der Waals surface area contributed by atoms with Crippen molar-refractivity contribution in [2.45, 2.75) is 74.5 Å². The van der Waals surface area contributed by atoms with E-state index < -0.39 is 27.4 Å². The molecule has 2 saturated heterocycles. The van der Waals surface area contributed by atoms with Crippen LogP contribution in [0.15, 0.2) is 54.6 Å². The van der Waals surface area contributed by atoms with Gasteiger partial charge >= 0.3 is 0 Å². The number of unbranched alkanes of at least 4 members (excludes halogenated alkanes) is 2. The number of nitrogens with zero attached hydrogens (tertiary/aromatic N) is 3. The molecule has 6 atom stereocenters. The maximum atomic E-state index is 14.4. The zero-order chi connectivity index (χ0) is 27.8. The van der Waals surface area contributed by atoms with E-state index in [1.165, 1.54) is 0 Å². The molecular weight excluding hydrogens is 510 g/mol. The van der Waals surface area contributed by atoms with E-state index in [0.29, 0.717) is 32.5 Å². The van der Waals surface area contributed by atoms with Gasteiger partial charge in [0.05, 0.1) is 16.6 Å². The lowest BCUT2D eigenvalue weighted by Crippen LogP contribution is -2.55. The van der Waals surface area contributed by atoms with Crippen molar-refractivity contribution < 1.29 is 19.5 Å². The molecule has 3 amide bonds. The maximum Gasteiger partial charge on any atom is 0.247 e. The molecular formula is C31H41N3O4S. The number of amides is 3. The second kappa shape index (κ2) is 11.1. The zero-order valence-electron chi connectivity index (χ0n) is 23.3. The third kappa shape index (κ3) is 4.63. The van der Waals surface area contributed by atoms with Gasteiger partial charge in [0.15, 0.2) is 0 Å². The van der Waals surface area contributed by atoms with Gasteiger partial charge in [-0.2, -0.15) is 0 Å². The van der Waals surface area contributed by atoms with E-state index in [4.69, 9.17) is 0 Å². The summed E-state index contributed by atoms with van der Waals surface area (Å²) < 4.78 is -1.43. The van der Waals surface area contributed by atoms with Crippen LogP contribution in [0.1, 0.15) is 52.9 Å². The number of rotatable bonds is 9. The van der Waals surface area contributed by atoms with E-state index >= 15 is 0 Å². The molecule has 5 rings (SSSR count). The first-order chi connectivity index (χ1) is 18.8. The van der Waals surface area contributed by atoms with Crippen LogP contribution < -0.4 is 4.90 Å². The molecule has 4 aliphatic rings. The average Bonchev–Trinajstić information content (AvgIpc) is 3.18. The Morgan fingerprint density at radius 3 is 2.44 bits per heavy atom. The summed E-state index contributed by atoms with van der Waals surface area (Å²) in [5.74, 6) is -1.37. The Morgan fingerprint density at radius 1 is 0.974 bits per heavy atom. The zero-order valence-corrected chi connectivity index (χ0v) is 24.1. The molecule has 210 valence electrons. The van der Waals surface area contributed by atoms with Crippen LogP contribution in [0.2, 0.25) is 0 Å². The standard InChI is InChI=1S/C31H41N3O4S/c1-4-13-22(2)32-19-12-17-31-25(28(37)34(26(31)29(32)38)18-9-6-10-21-35)24-27(36)33(23-14-7-5-8-15-23)20-11-16-30(24,3)39-31/h5,7-8,11-12,14-17,22,24-26,35H,4,6,9-10,13,18-21H2,1-3H3/t22?,24-,25-,26?,30+,31-/m0/s1. The molecule has 2 unspecified atom stereocenters. The highest BCUT2D eigenvalue weighted by Gasteiger charge is 2.73. The molecule has 0 saturated carbocycles. The van der Waals surface area contributed by atoms with Gasteiger partial charge in [-0.15, -0.1) is 11.8 Å². The number of para-hydroxylation sites is 1. The molecule has 0 radical (unpaired) electrons. The van der Waals surface area contributed by atoms with Crippen LogP contribution in [-0.4, -0.2) is 80.4 Å². The monoisotopic (exact) mass is 551 g/mol. The Labute approximate surface area is 236 Å². The van der Waals surface area contributed by atoms with E-state index in [0.717, 1.165) is 24.9 Å². The molecule has 2 fully saturated rings. The lowest BCUT2D eigenvalue weighted by Gasteiger charge is -2.38. The highest BCUT2D eigenvalue weighted by atomic mass is 32.2. The van der Waals surface area contributed by atoms with Crippen molar-refractivity contribution in [3.63, 3.8) is 0 Å². The minimum atomic E-state index is -0.815. The van der Waals surface area contributed by atoms with Gasteiger partial charge in [-0.3, -0.25) is 14.4 Å². The Kier molecular flexibility index (Phi) is 7.98. The molecule has 7 nitrogen and oxygen atoms in total. The number of anilines is 1. The SMILES string of the molecule is CCCC(C)N1CC=C[C@]23S[C@]4(C)C=CCN(c5ccccc5)C(=O)[C@@H]4[C@H]2C(=O)N(CCCCCO)C3C1=O. The number of benzene rings is 1. The Bertz CT molecular complexity index is 1160. The second-order valence-electron chi connectivity index (χ2n) is 11.5. The van der Waals surface area contributed by atoms with Gasteiger partial charge in [-0.05, 0) is 51.7 Å². The fraction of sp³-hybridized carbons (Fsp3) is 0.581. The first-order valence-electron chi connectivity index (χ1n) is 14.4. The first kappa shape index (κ1) is 28.0. The summed E-state index contributed by atoms with van der Waals surface area (Å²) in [7, 11) is 0. The van der Waals surface area contributed by atoms with E-state index in [9.17, 15) is 19.5 Å². The van der Waals surface area contributed by atoms with E-state index in [-0.39, 0.29) is 30.4 Å². The van der Waals surface area contributed by atoms with Crippen LogP contribution in [0.25, 0.3) is 0 Å². The number of fused-ring (bicyclic) bond motifs is 2. The van der Waals surface area contributed by atoms with Crippen LogP contribution in [-0.2, 0) is 14.4 Å². The van der Waals surface area contributed by atoms with Crippen molar-refractivity contribution >= 4 is 35.2 Å². The van der Waals surface area contributed by atoms with Crippen molar-refractivity contribution in [2.24, 2.45) is 11.8 Å². The van der Waals surface area contributed by atoms with Gasteiger partial charge in [-0.25, -0.2) is 0 Å². The molecule has 39 heavy (non-hydrogen) atoms. The minimum Gasteiger partial charge on any atom is -0.396 e. The molecule has 1 aromatic carbocycles. The normalized spacial score (nSPS) is 32.7. The number of carbonyl (C=O) groups is 3. The summed E-state index contributed by atoms with van der Waals surface area (Å²) in [4.78, 5) is 48.7. The molecule has 0 bridgehead atoms. The molecule has 0 aliphatic carbocycles. The highest BCUT2D eigenvalue weighted by molar-refractivity contribution is 8.02. The Morgan fingerprint density at radius 2 is 1.72 bits per heavy atom.